The van der Waals surface area contributed by atoms with Crippen molar-refractivity contribution >= 4 is 35.6 Å². The van der Waals surface area contributed by atoms with Crippen molar-refractivity contribution < 1.29 is 4.74 Å². The first kappa shape index (κ1) is 19.2. The zero-order valence-electron chi connectivity index (χ0n) is 14.1. The molecular formula is C17H28IN3O. The molecule has 0 radical (unpaired) electrons. The molecular weight excluding hydrogens is 389 g/mol. The Labute approximate surface area is 150 Å². The van der Waals surface area contributed by atoms with Crippen molar-refractivity contribution in [3.63, 3.8) is 0 Å². The van der Waals surface area contributed by atoms with E-state index < -0.39 is 0 Å². The average molecular weight is 417 g/mol. The van der Waals surface area contributed by atoms with Gasteiger partial charge in [0.1, 0.15) is 0 Å². The molecule has 1 aliphatic rings. The van der Waals surface area contributed by atoms with Gasteiger partial charge in [0.25, 0.3) is 0 Å². The number of aryl methyl sites for hydroxylation is 1. The predicted molar refractivity (Wildman–Crippen MR) is 104 cm³/mol. The zero-order valence-corrected chi connectivity index (χ0v) is 16.4. The van der Waals surface area contributed by atoms with E-state index in [-0.39, 0.29) is 47.6 Å². The number of aliphatic imine (C=N–C) groups is 1. The molecule has 0 saturated heterocycles. The highest BCUT2D eigenvalue weighted by molar-refractivity contribution is 14.0. The highest BCUT2D eigenvalue weighted by atomic mass is 127. The van der Waals surface area contributed by atoms with Crippen LogP contribution in [0, 0.1) is 12.3 Å². The summed E-state index contributed by atoms with van der Waals surface area (Å²) in [6, 6.07) is 8.32. The van der Waals surface area contributed by atoms with E-state index in [1.165, 1.54) is 5.56 Å². The summed E-state index contributed by atoms with van der Waals surface area (Å²) in [4.78, 5) is 4.62. The van der Waals surface area contributed by atoms with Crippen LogP contribution in [0.15, 0.2) is 29.3 Å². The third-order valence-electron chi connectivity index (χ3n) is 4.15. The summed E-state index contributed by atoms with van der Waals surface area (Å²) in [5, 5.41) is 3.16. The van der Waals surface area contributed by atoms with Crippen molar-refractivity contribution in [1.82, 2.24) is 0 Å². The van der Waals surface area contributed by atoms with Crippen molar-refractivity contribution in [2.24, 2.45) is 16.1 Å². The first-order chi connectivity index (χ1) is 9.79. The predicted octanol–water partition coefficient (Wildman–Crippen LogP) is 3.93. The Hall–Kier alpha value is -0.820. The molecule has 1 saturated carbocycles. The van der Waals surface area contributed by atoms with E-state index >= 15 is 0 Å². The van der Waals surface area contributed by atoms with Gasteiger partial charge < -0.3 is 15.8 Å². The molecule has 4 nitrogen and oxygen atoms in total. The summed E-state index contributed by atoms with van der Waals surface area (Å²) < 4.78 is 5.92. The summed E-state index contributed by atoms with van der Waals surface area (Å²) in [7, 11) is 0. The number of rotatable bonds is 4. The van der Waals surface area contributed by atoms with E-state index in [0.717, 1.165) is 12.1 Å². The van der Waals surface area contributed by atoms with Crippen LogP contribution in [0.3, 0.4) is 0 Å². The number of halogens is 1. The van der Waals surface area contributed by atoms with Crippen LogP contribution in [0.4, 0.5) is 5.69 Å². The fourth-order valence-electron chi connectivity index (χ4n) is 2.71. The van der Waals surface area contributed by atoms with Gasteiger partial charge in [-0.25, -0.2) is 4.99 Å². The molecule has 0 amide bonds. The topological polar surface area (TPSA) is 59.6 Å². The average Bonchev–Trinajstić information content (AvgIpc) is 2.37. The van der Waals surface area contributed by atoms with E-state index in [1.54, 1.807) is 0 Å². The van der Waals surface area contributed by atoms with Crippen LogP contribution in [0.1, 0.15) is 39.7 Å². The van der Waals surface area contributed by atoms with Gasteiger partial charge in [-0.15, -0.1) is 24.0 Å². The van der Waals surface area contributed by atoms with Gasteiger partial charge in [-0.2, -0.15) is 0 Å². The van der Waals surface area contributed by atoms with Gasteiger partial charge in [0.15, 0.2) is 5.96 Å². The van der Waals surface area contributed by atoms with E-state index in [0.29, 0.717) is 5.96 Å². The second-order valence-corrected chi connectivity index (χ2v) is 6.76. The van der Waals surface area contributed by atoms with Gasteiger partial charge in [0, 0.05) is 11.1 Å². The number of hydrogen-bond acceptors (Lipinski definition) is 2. The van der Waals surface area contributed by atoms with Gasteiger partial charge in [0.05, 0.1) is 18.2 Å². The molecule has 1 aromatic rings. The molecule has 22 heavy (non-hydrogen) atoms. The number of nitrogens with two attached hydrogens (primary N) is 1. The second-order valence-electron chi connectivity index (χ2n) is 6.76. The van der Waals surface area contributed by atoms with Crippen molar-refractivity contribution in [2.45, 2.75) is 59.3 Å². The molecule has 1 aromatic carbocycles. The number of nitrogens with one attached hydrogen (secondary N) is 1. The second kappa shape index (κ2) is 7.64. The number of ether oxygens (including phenoxy) is 1. The lowest BCUT2D eigenvalue weighted by Gasteiger charge is -2.50. The third-order valence-corrected chi connectivity index (χ3v) is 4.15. The Kier molecular flexibility index (Phi) is 6.67. The maximum Gasteiger partial charge on any atom is 0.193 e. The van der Waals surface area contributed by atoms with E-state index in [1.807, 2.05) is 12.1 Å². The standard InChI is InChI=1S/C17H27N3O.HI/c1-11(2)21-15-10-14(17(15,4)5)20-16(18)19-13-8-6-7-12(3)9-13;/h6-9,11,14-15H,10H2,1-5H3,(H3,18,19,20);1H. The molecule has 2 unspecified atom stereocenters. The van der Waals surface area contributed by atoms with Crippen molar-refractivity contribution in [3.05, 3.63) is 29.8 Å². The summed E-state index contributed by atoms with van der Waals surface area (Å²) in [5.74, 6) is 0.474. The molecule has 5 heteroatoms. The van der Waals surface area contributed by atoms with Crippen molar-refractivity contribution in [3.8, 4) is 0 Å². The first-order valence-corrected chi connectivity index (χ1v) is 7.61. The molecule has 124 valence electrons. The molecule has 0 aromatic heterocycles. The fourth-order valence-corrected chi connectivity index (χ4v) is 2.71. The van der Waals surface area contributed by atoms with Crippen LogP contribution in [-0.4, -0.2) is 24.2 Å². The number of nitrogens with zero attached hydrogens (tertiary/aromatic N) is 1. The molecule has 0 spiro atoms. The van der Waals surface area contributed by atoms with Crippen molar-refractivity contribution in [1.29, 1.82) is 0 Å². The van der Waals surface area contributed by atoms with Crippen LogP contribution >= 0.6 is 24.0 Å². The molecule has 0 bridgehead atoms. The maximum atomic E-state index is 6.03. The van der Waals surface area contributed by atoms with Gasteiger partial charge in [0.2, 0.25) is 0 Å². The highest BCUT2D eigenvalue weighted by Crippen LogP contribution is 2.45. The van der Waals surface area contributed by atoms with Gasteiger partial charge in [-0.05, 0) is 44.9 Å². The van der Waals surface area contributed by atoms with E-state index in [4.69, 9.17) is 10.5 Å². The number of anilines is 1. The zero-order chi connectivity index (χ0) is 15.6. The summed E-state index contributed by atoms with van der Waals surface area (Å²) in [6.07, 6.45) is 1.45. The SMILES string of the molecule is Cc1cccc(NC(N)=NC2CC(OC(C)C)C2(C)C)c1.I. The minimum atomic E-state index is 0. The monoisotopic (exact) mass is 417 g/mol. The third kappa shape index (κ3) is 4.59. The van der Waals surface area contributed by atoms with Gasteiger partial charge >= 0.3 is 0 Å². The summed E-state index contributed by atoms with van der Waals surface area (Å²) >= 11 is 0. The lowest BCUT2D eigenvalue weighted by Crippen LogP contribution is -2.55. The Morgan fingerprint density at radius 2 is 2.09 bits per heavy atom. The minimum Gasteiger partial charge on any atom is -0.375 e. The van der Waals surface area contributed by atoms with Crippen LogP contribution in [-0.2, 0) is 4.74 Å². The molecule has 1 fully saturated rings. The molecule has 3 N–H and O–H groups in total. The van der Waals surface area contributed by atoms with E-state index in [9.17, 15) is 0 Å². The summed E-state index contributed by atoms with van der Waals surface area (Å²) in [5.41, 5.74) is 8.23. The number of benzene rings is 1. The van der Waals surface area contributed by atoms with Crippen LogP contribution in [0.2, 0.25) is 0 Å². The quantitative estimate of drug-likeness (QED) is 0.444. The maximum absolute atomic E-state index is 6.03. The fraction of sp³-hybridized carbons (Fsp3) is 0.588. The largest absolute Gasteiger partial charge is 0.375 e. The number of hydrogen-bond donors (Lipinski definition) is 2. The van der Waals surface area contributed by atoms with Gasteiger partial charge in [-0.1, -0.05) is 26.0 Å². The van der Waals surface area contributed by atoms with Crippen LogP contribution in [0.5, 0.6) is 0 Å². The molecule has 0 aliphatic heterocycles. The molecule has 0 heterocycles. The molecule has 1 aliphatic carbocycles. The Bertz CT molecular complexity index is 528. The highest BCUT2D eigenvalue weighted by Gasteiger charge is 2.49. The van der Waals surface area contributed by atoms with Crippen molar-refractivity contribution in [2.75, 3.05) is 5.32 Å². The summed E-state index contributed by atoms with van der Waals surface area (Å²) in [6.45, 7) is 10.6. The Morgan fingerprint density at radius 1 is 1.41 bits per heavy atom. The minimum absolute atomic E-state index is 0. The van der Waals surface area contributed by atoms with Crippen LogP contribution < -0.4 is 11.1 Å². The Morgan fingerprint density at radius 3 is 2.64 bits per heavy atom. The normalized spacial score (nSPS) is 23.6. The van der Waals surface area contributed by atoms with E-state index in [2.05, 4.69) is 57.1 Å². The smallest absolute Gasteiger partial charge is 0.193 e. The first-order valence-electron chi connectivity index (χ1n) is 7.61. The van der Waals surface area contributed by atoms with Crippen LogP contribution in [0.25, 0.3) is 0 Å². The molecule has 2 rings (SSSR count). The lowest BCUT2D eigenvalue weighted by atomic mass is 9.64. The number of guanidine groups is 1. The lowest BCUT2D eigenvalue weighted by molar-refractivity contribution is -0.129. The molecule has 2 atom stereocenters. The van der Waals surface area contributed by atoms with Gasteiger partial charge in [-0.3, -0.25) is 0 Å². The Balaban J connectivity index is 0.00000242.